The van der Waals surface area contributed by atoms with Crippen LogP contribution in [0.3, 0.4) is 0 Å². The average molecular weight is 527 g/mol. The molecule has 10 heteroatoms. The van der Waals surface area contributed by atoms with E-state index in [2.05, 4.69) is 35.4 Å². The second-order valence-corrected chi connectivity index (χ2v) is 9.42. The predicted molar refractivity (Wildman–Crippen MR) is 141 cm³/mol. The predicted octanol–water partition coefficient (Wildman–Crippen LogP) is 6.03. The molecular weight excluding hydrogens is 500 g/mol. The Labute approximate surface area is 219 Å². The van der Waals surface area contributed by atoms with Gasteiger partial charge in [-0.3, -0.25) is 10.1 Å². The van der Waals surface area contributed by atoms with Gasteiger partial charge in [0, 0.05) is 0 Å². The lowest BCUT2D eigenvalue weighted by atomic mass is 9.98. The molecule has 0 aliphatic carbocycles. The van der Waals surface area contributed by atoms with E-state index in [9.17, 15) is 10.1 Å². The van der Waals surface area contributed by atoms with E-state index >= 15 is 0 Å². The van der Waals surface area contributed by atoms with Crippen LogP contribution in [0.1, 0.15) is 42.3 Å². The van der Waals surface area contributed by atoms with Crippen LogP contribution in [0.15, 0.2) is 42.0 Å². The van der Waals surface area contributed by atoms with Gasteiger partial charge in [0.2, 0.25) is 5.13 Å². The van der Waals surface area contributed by atoms with Crippen molar-refractivity contribution in [3.05, 3.63) is 63.1 Å². The van der Waals surface area contributed by atoms with Crippen LogP contribution in [0.5, 0.6) is 17.2 Å². The van der Waals surface area contributed by atoms with Crippen molar-refractivity contribution in [1.29, 1.82) is 5.26 Å². The average Bonchev–Trinajstić information content (AvgIpc) is 3.29. The van der Waals surface area contributed by atoms with Crippen molar-refractivity contribution in [2.75, 3.05) is 25.6 Å². The molecule has 0 aliphatic heterocycles. The number of nitrogens with zero attached hydrogens (tertiary/aromatic N) is 3. The van der Waals surface area contributed by atoms with E-state index < -0.39 is 5.91 Å². The molecule has 1 N–H and O–H groups in total. The molecule has 0 bridgehead atoms. The molecule has 0 radical (unpaired) electrons. The van der Waals surface area contributed by atoms with E-state index in [1.54, 1.807) is 19.1 Å². The first-order chi connectivity index (χ1) is 17.4. The molecule has 1 atom stereocenters. The standard InChI is InChI=1S/C26H27ClN4O4S/c1-5-16(2)20-8-6-7-9-22(20)34-10-11-35-24-21(27)13-18(14-23(24)33-4)12-19(15-28)25(32)29-26-31-30-17(3)36-26/h6-9,12-14,16H,5,10-11H2,1-4H3,(H,29,31,32). The van der Waals surface area contributed by atoms with E-state index in [0.717, 1.165) is 17.7 Å². The van der Waals surface area contributed by atoms with Gasteiger partial charge < -0.3 is 14.2 Å². The monoisotopic (exact) mass is 526 g/mol. The Morgan fingerprint density at radius 3 is 2.64 bits per heavy atom. The first-order valence-electron chi connectivity index (χ1n) is 11.3. The van der Waals surface area contributed by atoms with Crippen molar-refractivity contribution in [2.24, 2.45) is 0 Å². The van der Waals surface area contributed by atoms with E-state index in [1.807, 2.05) is 24.3 Å². The first kappa shape index (κ1) is 27.0. The lowest BCUT2D eigenvalue weighted by Crippen LogP contribution is -2.13. The van der Waals surface area contributed by atoms with Gasteiger partial charge in [0.05, 0.1) is 12.1 Å². The summed E-state index contributed by atoms with van der Waals surface area (Å²) in [5, 5.41) is 21.0. The van der Waals surface area contributed by atoms with Crippen LogP contribution in [0, 0.1) is 18.3 Å². The summed E-state index contributed by atoms with van der Waals surface area (Å²) in [5.74, 6) is 1.34. The number of methoxy groups -OCH3 is 1. The highest BCUT2D eigenvalue weighted by molar-refractivity contribution is 7.15. The molecule has 3 aromatic rings. The molecule has 0 aliphatic rings. The minimum Gasteiger partial charge on any atom is -0.493 e. The molecule has 3 rings (SSSR count). The Balaban J connectivity index is 1.69. The summed E-state index contributed by atoms with van der Waals surface area (Å²) >= 11 is 7.67. The maximum absolute atomic E-state index is 12.5. The molecule has 0 fully saturated rings. The Bertz CT molecular complexity index is 1290. The molecule has 1 amide bonds. The number of ether oxygens (including phenoxy) is 3. The lowest BCUT2D eigenvalue weighted by Gasteiger charge is -2.17. The van der Waals surface area contributed by atoms with E-state index in [1.165, 1.54) is 24.5 Å². The number of anilines is 1. The van der Waals surface area contributed by atoms with E-state index in [0.29, 0.717) is 39.7 Å². The number of carbonyl (C=O) groups excluding carboxylic acids is 1. The van der Waals surface area contributed by atoms with Crippen molar-refractivity contribution >= 4 is 40.1 Å². The molecule has 0 saturated heterocycles. The molecule has 188 valence electrons. The number of hydrogen-bond acceptors (Lipinski definition) is 8. The summed E-state index contributed by atoms with van der Waals surface area (Å²) in [6.07, 6.45) is 2.43. The summed E-state index contributed by atoms with van der Waals surface area (Å²) < 4.78 is 17.3. The van der Waals surface area contributed by atoms with Crippen LogP contribution in [-0.4, -0.2) is 36.4 Å². The van der Waals surface area contributed by atoms with Gasteiger partial charge in [-0.15, -0.1) is 10.2 Å². The van der Waals surface area contributed by atoms with Crippen LogP contribution in [0.2, 0.25) is 5.02 Å². The smallest absolute Gasteiger partial charge is 0.268 e. The Kier molecular flexibility index (Phi) is 9.68. The zero-order valence-electron chi connectivity index (χ0n) is 20.5. The van der Waals surface area contributed by atoms with Crippen LogP contribution < -0.4 is 19.5 Å². The second kappa shape index (κ2) is 12.9. The SMILES string of the molecule is CCC(C)c1ccccc1OCCOc1c(Cl)cc(C=C(C#N)C(=O)Nc2nnc(C)s2)cc1OC. The van der Waals surface area contributed by atoms with Crippen molar-refractivity contribution in [1.82, 2.24) is 10.2 Å². The fourth-order valence-electron chi connectivity index (χ4n) is 3.32. The number of nitriles is 1. The molecule has 2 aromatic carbocycles. The number of nitrogens with one attached hydrogen (secondary N) is 1. The first-order valence-corrected chi connectivity index (χ1v) is 12.5. The fourth-order valence-corrected chi connectivity index (χ4v) is 4.18. The number of carbonyl (C=O) groups is 1. The third-order valence-electron chi connectivity index (χ3n) is 5.32. The van der Waals surface area contributed by atoms with Gasteiger partial charge in [-0.2, -0.15) is 5.26 Å². The number of hydrogen-bond donors (Lipinski definition) is 1. The van der Waals surface area contributed by atoms with Gasteiger partial charge in [-0.05, 0) is 54.7 Å². The third-order valence-corrected chi connectivity index (χ3v) is 6.36. The van der Waals surface area contributed by atoms with Gasteiger partial charge in [0.15, 0.2) is 11.5 Å². The number of halogens is 1. The molecule has 36 heavy (non-hydrogen) atoms. The van der Waals surface area contributed by atoms with E-state index in [-0.39, 0.29) is 17.2 Å². The number of benzene rings is 2. The highest BCUT2D eigenvalue weighted by atomic mass is 35.5. The maximum atomic E-state index is 12.5. The summed E-state index contributed by atoms with van der Waals surface area (Å²) in [5.41, 5.74) is 1.54. The van der Waals surface area contributed by atoms with Gasteiger partial charge in [-0.25, -0.2) is 0 Å². The maximum Gasteiger partial charge on any atom is 0.268 e. The zero-order valence-corrected chi connectivity index (χ0v) is 22.1. The minimum absolute atomic E-state index is 0.122. The summed E-state index contributed by atoms with van der Waals surface area (Å²) in [7, 11) is 1.49. The van der Waals surface area contributed by atoms with Gasteiger partial charge >= 0.3 is 0 Å². The highest BCUT2D eigenvalue weighted by Crippen LogP contribution is 2.37. The fraction of sp³-hybridized carbons (Fsp3) is 0.308. The molecule has 1 heterocycles. The quantitative estimate of drug-likeness (QED) is 0.185. The Hall–Kier alpha value is -3.61. The van der Waals surface area contributed by atoms with Crippen LogP contribution >= 0.6 is 22.9 Å². The highest BCUT2D eigenvalue weighted by Gasteiger charge is 2.16. The van der Waals surface area contributed by atoms with Gasteiger partial charge in [-0.1, -0.05) is 55.0 Å². The molecule has 1 aromatic heterocycles. The number of amides is 1. The summed E-state index contributed by atoms with van der Waals surface area (Å²) in [6.45, 7) is 6.64. The second-order valence-electron chi connectivity index (χ2n) is 7.83. The normalized spacial score (nSPS) is 11.9. The topological polar surface area (TPSA) is 106 Å². The van der Waals surface area contributed by atoms with Gasteiger partial charge in [0.1, 0.15) is 35.6 Å². The molecule has 1 unspecified atom stereocenters. The van der Waals surface area contributed by atoms with Crippen molar-refractivity contribution < 1.29 is 19.0 Å². The van der Waals surface area contributed by atoms with Crippen molar-refractivity contribution in [2.45, 2.75) is 33.1 Å². The van der Waals surface area contributed by atoms with Crippen molar-refractivity contribution in [3.63, 3.8) is 0 Å². The minimum atomic E-state index is -0.598. The van der Waals surface area contributed by atoms with Crippen molar-refractivity contribution in [3.8, 4) is 23.3 Å². The number of aryl methyl sites for hydroxylation is 1. The summed E-state index contributed by atoms with van der Waals surface area (Å²) in [6, 6.07) is 13.1. The molecule has 0 spiro atoms. The molecule has 0 saturated carbocycles. The number of rotatable bonds is 11. The van der Waals surface area contributed by atoms with Crippen LogP contribution in [-0.2, 0) is 4.79 Å². The number of para-hydroxylation sites is 1. The number of aromatic nitrogens is 2. The largest absolute Gasteiger partial charge is 0.493 e. The Morgan fingerprint density at radius 2 is 1.97 bits per heavy atom. The van der Waals surface area contributed by atoms with E-state index in [4.69, 9.17) is 25.8 Å². The van der Waals surface area contributed by atoms with Crippen LogP contribution in [0.25, 0.3) is 6.08 Å². The van der Waals surface area contributed by atoms with Crippen LogP contribution in [0.4, 0.5) is 5.13 Å². The van der Waals surface area contributed by atoms with Gasteiger partial charge in [0.25, 0.3) is 5.91 Å². The molecule has 8 nitrogen and oxygen atoms in total. The molecular formula is C26H27ClN4O4S. The Morgan fingerprint density at radius 1 is 1.22 bits per heavy atom. The lowest BCUT2D eigenvalue weighted by molar-refractivity contribution is -0.112. The zero-order chi connectivity index (χ0) is 26.1. The summed E-state index contributed by atoms with van der Waals surface area (Å²) in [4.78, 5) is 12.5. The third kappa shape index (κ3) is 6.97.